The molecule has 0 saturated carbocycles. The van der Waals surface area contributed by atoms with Crippen molar-refractivity contribution in [2.45, 2.75) is 65.1 Å². The molecule has 11 heteroatoms. The van der Waals surface area contributed by atoms with E-state index in [9.17, 15) is 19.1 Å². The van der Waals surface area contributed by atoms with E-state index in [-0.39, 0.29) is 39.9 Å². The Morgan fingerprint density at radius 3 is 2.36 bits per heavy atom. The van der Waals surface area contributed by atoms with Gasteiger partial charge in [-0.05, 0) is 76.8 Å². The van der Waals surface area contributed by atoms with Crippen LogP contribution in [0.3, 0.4) is 0 Å². The molecule has 0 radical (unpaired) electrons. The number of pyridine rings is 1. The summed E-state index contributed by atoms with van der Waals surface area (Å²) in [6.07, 6.45) is 5.28. The summed E-state index contributed by atoms with van der Waals surface area (Å²) in [7, 11) is 0. The van der Waals surface area contributed by atoms with Crippen LogP contribution < -0.4 is 4.90 Å². The van der Waals surface area contributed by atoms with Gasteiger partial charge >= 0.3 is 5.97 Å². The number of aromatic nitrogens is 4. The van der Waals surface area contributed by atoms with Crippen LogP contribution in [-0.4, -0.2) is 66.6 Å². The Morgan fingerprint density at radius 1 is 1.07 bits per heavy atom. The Balaban J connectivity index is 1.32. The first kappa shape index (κ1) is 28.1. The summed E-state index contributed by atoms with van der Waals surface area (Å²) in [5.74, 6) is -0.855. The Hall–Kier alpha value is -4.05. The molecule has 0 aliphatic carbocycles. The maximum Gasteiger partial charge on any atom is 0.337 e. The van der Waals surface area contributed by atoms with Gasteiger partial charge < -0.3 is 19.5 Å². The van der Waals surface area contributed by atoms with Gasteiger partial charge in [-0.15, -0.1) is 0 Å². The van der Waals surface area contributed by atoms with E-state index in [1.165, 1.54) is 12.1 Å². The number of fused-ring (bicyclic) bond motifs is 3. The lowest BCUT2D eigenvalue weighted by molar-refractivity contribution is 0.0626. The van der Waals surface area contributed by atoms with E-state index in [1.807, 2.05) is 42.5 Å². The van der Waals surface area contributed by atoms with Crippen molar-refractivity contribution >= 4 is 40.3 Å². The van der Waals surface area contributed by atoms with Crippen molar-refractivity contribution in [3.63, 3.8) is 0 Å². The highest BCUT2D eigenvalue weighted by Crippen LogP contribution is 2.36. The standard InChI is InChI=1S/C31H32ClFN6O3/c1-16-10-25(35-17(2)26(16)30(41)42)37-13-19-7-8-20(14-37)39(19)29(40)27-34-12-21-22(18-6-9-23(32)24(33)11-18)15-38(28(21)36-27)31(3,4)5/h6,9-12,15,19-20H,7-8,13-14H2,1-5H3,(H,41,42). The quantitative estimate of drug-likeness (QED) is 0.318. The van der Waals surface area contributed by atoms with Gasteiger partial charge in [0.2, 0.25) is 5.82 Å². The molecule has 3 aromatic heterocycles. The van der Waals surface area contributed by atoms with E-state index in [2.05, 4.69) is 14.9 Å². The highest BCUT2D eigenvalue weighted by atomic mass is 35.5. The number of hydrogen-bond donors (Lipinski definition) is 1. The number of rotatable bonds is 4. The molecule has 5 heterocycles. The van der Waals surface area contributed by atoms with Crippen LogP contribution in [0.25, 0.3) is 22.2 Å². The van der Waals surface area contributed by atoms with Gasteiger partial charge in [-0.3, -0.25) is 4.79 Å². The molecule has 1 amide bonds. The molecule has 0 spiro atoms. The molecule has 2 saturated heterocycles. The summed E-state index contributed by atoms with van der Waals surface area (Å²) < 4.78 is 16.3. The number of benzene rings is 1. The average Bonchev–Trinajstić information content (AvgIpc) is 3.43. The lowest BCUT2D eigenvalue weighted by Crippen LogP contribution is -2.56. The second-order valence-corrected chi connectivity index (χ2v) is 12.6. The van der Waals surface area contributed by atoms with Crippen LogP contribution in [0.4, 0.5) is 10.2 Å². The maximum absolute atomic E-state index is 14.3. The van der Waals surface area contributed by atoms with Crippen molar-refractivity contribution in [2.24, 2.45) is 0 Å². The third-order valence-electron chi connectivity index (χ3n) is 8.33. The minimum absolute atomic E-state index is 0.0425. The lowest BCUT2D eigenvalue weighted by atomic mass is 10.1. The van der Waals surface area contributed by atoms with Crippen LogP contribution in [0.15, 0.2) is 36.7 Å². The van der Waals surface area contributed by atoms with E-state index in [4.69, 9.17) is 16.6 Å². The fourth-order valence-electron chi connectivity index (χ4n) is 6.35. The van der Waals surface area contributed by atoms with E-state index in [0.717, 1.165) is 29.6 Å². The van der Waals surface area contributed by atoms with Gasteiger partial charge in [0.15, 0.2) is 0 Å². The van der Waals surface area contributed by atoms with Gasteiger partial charge in [-0.2, -0.15) is 0 Å². The smallest absolute Gasteiger partial charge is 0.337 e. The van der Waals surface area contributed by atoms with Crippen LogP contribution in [0.2, 0.25) is 5.02 Å². The average molecular weight is 591 g/mol. The monoisotopic (exact) mass is 590 g/mol. The number of carbonyl (C=O) groups is 2. The van der Waals surface area contributed by atoms with Crippen LogP contribution >= 0.6 is 11.6 Å². The summed E-state index contributed by atoms with van der Waals surface area (Å²) in [5.41, 5.74) is 3.03. The number of carboxylic acid groups (broad SMARTS) is 1. The normalized spacial score (nSPS) is 18.6. The lowest BCUT2D eigenvalue weighted by Gasteiger charge is -2.41. The topological polar surface area (TPSA) is 104 Å². The van der Waals surface area contributed by atoms with Crippen LogP contribution in [0.5, 0.6) is 0 Å². The molecule has 1 N–H and O–H groups in total. The van der Waals surface area contributed by atoms with Gasteiger partial charge in [-0.1, -0.05) is 17.7 Å². The minimum atomic E-state index is -0.985. The second-order valence-electron chi connectivity index (χ2n) is 12.2. The van der Waals surface area contributed by atoms with Crippen molar-refractivity contribution in [1.82, 2.24) is 24.4 Å². The number of carbonyl (C=O) groups excluding carboxylic acids is 1. The summed E-state index contributed by atoms with van der Waals surface area (Å²) in [5, 5.41) is 10.3. The molecular formula is C31H32ClFN6O3. The summed E-state index contributed by atoms with van der Waals surface area (Å²) in [6.45, 7) is 10.8. The number of nitrogens with zero attached hydrogens (tertiary/aromatic N) is 6. The highest BCUT2D eigenvalue weighted by molar-refractivity contribution is 6.30. The van der Waals surface area contributed by atoms with Crippen LogP contribution in [0.1, 0.15) is 65.8 Å². The third-order valence-corrected chi connectivity index (χ3v) is 8.63. The third kappa shape index (κ3) is 4.67. The molecule has 42 heavy (non-hydrogen) atoms. The molecule has 2 aliphatic heterocycles. The molecule has 4 aromatic rings. The summed E-state index contributed by atoms with van der Waals surface area (Å²) in [6, 6.07) is 6.41. The molecule has 2 fully saturated rings. The Kier molecular flexibility index (Phi) is 6.72. The van der Waals surface area contributed by atoms with Crippen molar-refractivity contribution in [3.05, 3.63) is 70.1 Å². The summed E-state index contributed by atoms with van der Waals surface area (Å²) in [4.78, 5) is 43.5. The Morgan fingerprint density at radius 2 is 1.76 bits per heavy atom. The fraction of sp³-hybridized carbons (Fsp3) is 0.387. The van der Waals surface area contributed by atoms with Crippen molar-refractivity contribution < 1.29 is 19.1 Å². The number of carboxylic acids is 1. The van der Waals surface area contributed by atoms with Gasteiger partial charge in [0.25, 0.3) is 5.91 Å². The van der Waals surface area contributed by atoms with E-state index >= 15 is 0 Å². The van der Waals surface area contributed by atoms with Crippen molar-refractivity contribution in [3.8, 4) is 11.1 Å². The zero-order valence-corrected chi connectivity index (χ0v) is 24.9. The van der Waals surface area contributed by atoms with Gasteiger partial charge in [0.05, 0.1) is 28.4 Å². The molecule has 6 rings (SSSR count). The zero-order valence-electron chi connectivity index (χ0n) is 24.2. The highest BCUT2D eigenvalue weighted by Gasteiger charge is 2.44. The van der Waals surface area contributed by atoms with Crippen molar-refractivity contribution in [1.29, 1.82) is 0 Å². The molecule has 2 atom stereocenters. The van der Waals surface area contributed by atoms with E-state index < -0.39 is 11.8 Å². The summed E-state index contributed by atoms with van der Waals surface area (Å²) >= 11 is 5.92. The minimum Gasteiger partial charge on any atom is -0.478 e. The largest absolute Gasteiger partial charge is 0.478 e. The molecule has 9 nitrogen and oxygen atoms in total. The number of piperazine rings is 1. The van der Waals surface area contributed by atoms with E-state index in [0.29, 0.717) is 35.6 Å². The van der Waals surface area contributed by atoms with Gasteiger partial charge in [0.1, 0.15) is 17.3 Å². The van der Waals surface area contributed by atoms with Gasteiger partial charge in [0, 0.05) is 42.0 Å². The number of hydrogen-bond acceptors (Lipinski definition) is 6. The van der Waals surface area contributed by atoms with Gasteiger partial charge in [-0.25, -0.2) is 24.1 Å². The molecule has 218 valence electrons. The number of halogens is 2. The second kappa shape index (κ2) is 10.0. The predicted molar refractivity (Wildman–Crippen MR) is 159 cm³/mol. The molecular weight excluding hydrogens is 559 g/mol. The van der Waals surface area contributed by atoms with E-state index in [1.54, 1.807) is 26.1 Å². The predicted octanol–water partition coefficient (Wildman–Crippen LogP) is 5.85. The number of amides is 1. The Bertz CT molecular complexity index is 1730. The molecule has 2 aliphatic rings. The van der Waals surface area contributed by atoms with Crippen molar-refractivity contribution in [2.75, 3.05) is 18.0 Å². The van der Waals surface area contributed by atoms with Crippen LogP contribution in [-0.2, 0) is 5.54 Å². The zero-order chi connectivity index (χ0) is 30.1. The maximum atomic E-state index is 14.3. The first-order valence-corrected chi connectivity index (χ1v) is 14.3. The molecule has 1 aromatic carbocycles. The molecule has 2 unspecified atom stereocenters. The molecule has 2 bridgehead atoms. The number of aryl methyl sites for hydroxylation is 2. The first-order valence-electron chi connectivity index (χ1n) is 14.0. The SMILES string of the molecule is Cc1cc(N2CC3CCC(C2)N3C(=O)c2ncc3c(-c4ccc(Cl)c(F)c4)cn(C(C)(C)C)c3n2)nc(C)c1C(=O)O. The first-order chi connectivity index (χ1) is 19.8. The number of aromatic carboxylic acids is 1. The fourth-order valence-corrected chi connectivity index (χ4v) is 6.47. The Labute approximate surface area is 248 Å². The van der Waals surface area contributed by atoms with Crippen LogP contribution in [0, 0.1) is 19.7 Å². The number of anilines is 1.